The summed E-state index contributed by atoms with van der Waals surface area (Å²) in [6.07, 6.45) is 0. The van der Waals surface area contributed by atoms with E-state index in [1.807, 2.05) is 0 Å². The maximum atomic E-state index is 12.0. The second-order valence-electron chi connectivity index (χ2n) is 2.48. The Morgan fingerprint density at radius 3 is 2.79 bits per heavy atom. The van der Waals surface area contributed by atoms with Gasteiger partial charge in [0.05, 0.1) is 10.6 Å². The molecular formula is C7H8FNO3S2. The zero-order valence-electron chi connectivity index (χ0n) is 7.07. The Kier molecular flexibility index (Phi) is 3.59. The van der Waals surface area contributed by atoms with Crippen LogP contribution in [-0.4, -0.2) is 26.6 Å². The average molecular weight is 237 g/mol. The monoisotopic (exact) mass is 237 g/mol. The van der Waals surface area contributed by atoms with E-state index in [-0.39, 0.29) is 12.5 Å². The highest BCUT2D eigenvalue weighted by atomic mass is 32.3. The number of halogens is 1. The maximum absolute atomic E-state index is 12.0. The van der Waals surface area contributed by atoms with Crippen molar-refractivity contribution in [1.82, 2.24) is 5.32 Å². The van der Waals surface area contributed by atoms with Crippen LogP contribution in [0.3, 0.4) is 0 Å². The zero-order chi connectivity index (χ0) is 10.6. The molecule has 4 nitrogen and oxygen atoms in total. The molecule has 0 aliphatic rings. The molecule has 0 saturated heterocycles. The summed E-state index contributed by atoms with van der Waals surface area (Å²) in [4.78, 5) is 11.6. The van der Waals surface area contributed by atoms with E-state index in [9.17, 15) is 17.1 Å². The summed E-state index contributed by atoms with van der Waals surface area (Å²) >= 11 is 1.23. The quantitative estimate of drug-likeness (QED) is 0.787. The van der Waals surface area contributed by atoms with E-state index in [0.717, 1.165) is 0 Å². The van der Waals surface area contributed by atoms with Gasteiger partial charge in [0.2, 0.25) is 0 Å². The molecule has 1 aromatic heterocycles. The van der Waals surface area contributed by atoms with Crippen LogP contribution in [0.1, 0.15) is 9.67 Å². The number of rotatable bonds is 4. The lowest BCUT2D eigenvalue weighted by molar-refractivity contribution is 0.0960. The summed E-state index contributed by atoms with van der Waals surface area (Å²) in [7, 11) is -4.50. The third kappa shape index (κ3) is 3.84. The van der Waals surface area contributed by atoms with Crippen LogP contribution in [0.15, 0.2) is 17.5 Å². The Bertz CT molecular complexity index is 399. The van der Waals surface area contributed by atoms with E-state index in [0.29, 0.717) is 4.88 Å². The molecule has 0 atom stereocenters. The van der Waals surface area contributed by atoms with Crippen LogP contribution in [0.4, 0.5) is 3.89 Å². The van der Waals surface area contributed by atoms with Crippen molar-refractivity contribution in [2.45, 2.75) is 0 Å². The molecule has 1 amide bonds. The Hall–Kier alpha value is -0.950. The molecule has 0 aliphatic heterocycles. The first kappa shape index (κ1) is 11.1. The van der Waals surface area contributed by atoms with E-state index in [2.05, 4.69) is 5.32 Å². The molecule has 0 unspecified atom stereocenters. The van der Waals surface area contributed by atoms with Gasteiger partial charge in [0, 0.05) is 6.54 Å². The van der Waals surface area contributed by atoms with Gasteiger partial charge in [-0.05, 0) is 11.4 Å². The molecule has 14 heavy (non-hydrogen) atoms. The summed E-state index contributed by atoms with van der Waals surface area (Å²) in [5.41, 5.74) is 0. The van der Waals surface area contributed by atoms with E-state index in [1.165, 1.54) is 11.3 Å². The topological polar surface area (TPSA) is 63.2 Å². The van der Waals surface area contributed by atoms with Crippen molar-refractivity contribution in [3.8, 4) is 0 Å². The third-order valence-corrected chi connectivity index (χ3v) is 2.94. The van der Waals surface area contributed by atoms with Gasteiger partial charge in [-0.1, -0.05) is 6.07 Å². The summed E-state index contributed by atoms with van der Waals surface area (Å²) in [5.74, 6) is -1.08. The molecular weight excluding hydrogens is 229 g/mol. The number of thiophene rings is 1. The standard InChI is InChI=1S/C7H8FNO3S2/c8-14(11,12)5-3-9-7(10)6-2-1-4-13-6/h1-2,4H,3,5H2,(H,9,10). The fourth-order valence-corrected chi connectivity index (χ4v) is 1.77. The first-order valence-electron chi connectivity index (χ1n) is 3.73. The number of hydrogen-bond donors (Lipinski definition) is 1. The lowest BCUT2D eigenvalue weighted by Crippen LogP contribution is -2.27. The molecule has 0 aromatic carbocycles. The molecule has 1 aromatic rings. The van der Waals surface area contributed by atoms with Crippen LogP contribution in [0.25, 0.3) is 0 Å². The molecule has 1 rings (SSSR count). The van der Waals surface area contributed by atoms with Crippen molar-refractivity contribution in [1.29, 1.82) is 0 Å². The number of amides is 1. The summed E-state index contributed by atoms with van der Waals surface area (Å²) in [6, 6.07) is 3.30. The highest BCUT2D eigenvalue weighted by Crippen LogP contribution is 2.07. The molecule has 0 aliphatic carbocycles. The second-order valence-corrected chi connectivity index (χ2v) is 4.91. The molecule has 0 fully saturated rings. The van der Waals surface area contributed by atoms with Gasteiger partial charge >= 0.3 is 10.2 Å². The molecule has 0 radical (unpaired) electrons. The largest absolute Gasteiger partial charge is 0.350 e. The van der Waals surface area contributed by atoms with Crippen LogP contribution in [0.2, 0.25) is 0 Å². The number of nitrogens with one attached hydrogen (secondary N) is 1. The highest BCUT2D eigenvalue weighted by Gasteiger charge is 2.09. The average Bonchev–Trinajstić information content (AvgIpc) is 2.53. The van der Waals surface area contributed by atoms with E-state index in [4.69, 9.17) is 0 Å². The second kappa shape index (κ2) is 4.52. The third-order valence-electron chi connectivity index (χ3n) is 1.38. The lowest BCUT2D eigenvalue weighted by atomic mass is 10.4. The van der Waals surface area contributed by atoms with Crippen molar-refractivity contribution in [3.05, 3.63) is 22.4 Å². The van der Waals surface area contributed by atoms with Crippen LogP contribution >= 0.6 is 11.3 Å². The SMILES string of the molecule is O=C(NCCS(=O)(=O)F)c1cccs1. The smallest absolute Gasteiger partial charge is 0.304 e. The number of carbonyl (C=O) groups is 1. The minimum Gasteiger partial charge on any atom is -0.350 e. The van der Waals surface area contributed by atoms with Gasteiger partial charge in [0.1, 0.15) is 0 Å². The van der Waals surface area contributed by atoms with Crippen molar-refractivity contribution in [2.24, 2.45) is 0 Å². The predicted octanol–water partition coefficient (Wildman–Crippen LogP) is 0.777. The zero-order valence-corrected chi connectivity index (χ0v) is 8.70. The van der Waals surface area contributed by atoms with Gasteiger partial charge in [-0.15, -0.1) is 15.2 Å². The van der Waals surface area contributed by atoms with Crippen LogP contribution in [0, 0.1) is 0 Å². The molecule has 0 bridgehead atoms. The minimum atomic E-state index is -4.50. The summed E-state index contributed by atoms with van der Waals surface area (Å²) in [6.45, 7) is -0.213. The van der Waals surface area contributed by atoms with Crippen molar-refractivity contribution >= 4 is 27.5 Å². The molecule has 0 spiro atoms. The van der Waals surface area contributed by atoms with E-state index >= 15 is 0 Å². The van der Waals surface area contributed by atoms with Crippen molar-refractivity contribution < 1.29 is 17.1 Å². The van der Waals surface area contributed by atoms with Gasteiger partial charge in [-0.3, -0.25) is 4.79 Å². The van der Waals surface area contributed by atoms with Gasteiger partial charge in [0.25, 0.3) is 5.91 Å². The maximum Gasteiger partial charge on any atom is 0.304 e. The lowest BCUT2D eigenvalue weighted by Gasteiger charge is -1.99. The Labute approximate surface area is 85.0 Å². The van der Waals surface area contributed by atoms with Crippen LogP contribution in [0.5, 0.6) is 0 Å². The van der Waals surface area contributed by atoms with Crippen LogP contribution in [-0.2, 0) is 10.2 Å². The molecule has 7 heteroatoms. The molecule has 0 saturated carbocycles. The number of carbonyl (C=O) groups excluding carboxylic acids is 1. The normalized spacial score (nSPS) is 11.2. The summed E-state index contributed by atoms with van der Waals surface area (Å²) in [5, 5.41) is 4.02. The predicted molar refractivity (Wildman–Crippen MR) is 51.5 cm³/mol. The van der Waals surface area contributed by atoms with Crippen molar-refractivity contribution in [2.75, 3.05) is 12.3 Å². The van der Waals surface area contributed by atoms with Crippen molar-refractivity contribution in [3.63, 3.8) is 0 Å². The van der Waals surface area contributed by atoms with Gasteiger partial charge in [0.15, 0.2) is 0 Å². The first-order valence-corrected chi connectivity index (χ1v) is 6.16. The molecule has 1 N–H and O–H groups in total. The Morgan fingerprint density at radius 2 is 2.29 bits per heavy atom. The van der Waals surface area contributed by atoms with Gasteiger partial charge < -0.3 is 5.32 Å². The fourth-order valence-electron chi connectivity index (χ4n) is 0.781. The Morgan fingerprint density at radius 1 is 1.57 bits per heavy atom. The van der Waals surface area contributed by atoms with Crippen LogP contribution < -0.4 is 5.32 Å². The number of hydrogen-bond acceptors (Lipinski definition) is 4. The van der Waals surface area contributed by atoms with Gasteiger partial charge in [-0.2, -0.15) is 8.42 Å². The minimum absolute atomic E-state index is 0.213. The molecule has 78 valence electrons. The van der Waals surface area contributed by atoms with E-state index < -0.39 is 16.0 Å². The summed E-state index contributed by atoms with van der Waals surface area (Å²) < 4.78 is 32.2. The van der Waals surface area contributed by atoms with E-state index in [1.54, 1.807) is 17.5 Å². The Balaban J connectivity index is 2.37. The first-order chi connectivity index (χ1) is 6.49. The fraction of sp³-hybridized carbons (Fsp3) is 0.286. The van der Waals surface area contributed by atoms with Gasteiger partial charge in [-0.25, -0.2) is 0 Å². The molecule has 1 heterocycles. The highest BCUT2D eigenvalue weighted by molar-refractivity contribution is 7.86.